The second-order valence-corrected chi connectivity index (χ2v) is 6.35. The topological polar surface area (TPSA) is 98.4 Å². The van der Waals surface area contributed by atoms with Crippen molar-refractivity contribution in [1.82, 2.24) is 23.5 Å². The lowest BCUT2D eigenvalue weighted by atomic mass is 10.3. The van der Waals surface area contributed by atoms with E-state index in [0.29, 0.717) is 30.0 Å². The highest BCUT2D eigenvalue weighted by atomic mass is 16.5. The minimum Gasteiger partial charge on any atom is -0.497 e. The van der Waals surface area contributed by atoms with E-state index in [1.165, 1.54) is 4.57 Å². The molecule has 0 atom stereocenters. The van der Waals surface area contributed by atoms with Crippen molar-refractivity contribution in [3.05, 3.63) is 57.0 Å². The molecule has 0 radical (unpaired) electrons. The van der Waals surface area contributed by atoms with E-state index in [9.17, 15) is 9.59 Å². The second-order valence-electron chi connectivity index (χ2n) is 6.35. The second kappa shape index (κ2) is 6.35. The Morgan fingerprint density at radius 1 is 1.30 bits per heavy atom. The van der Waals surface area contributed by atoms with E-state index in [2.05, 4.69) is 15.3 Å². The molecule has 9 heteroatoms. The fourth-order valence-corrected chi connectivity index (χ4v) is 3.24. The van der Waals surface area contributed by atoms with Crippen LogP contribution in [-0.2, 0) is 13.6 Å². The molecule has 0 aliphatic carbocycles. The Bertz CT molecular complexity index is 1260. The van der Waals surface area contributed by atoms with E-state index < -0.39 is 11.2 Å². The van der Waals surface area contributed by atoms with Crippen LogP contribution in [0.5, 0.6) is 5.75 Å². The number of hydrogen-bond acceptors (Lipinski definition) is 5. The zero-order valence-electron chi connectivity index (χ0n) is 15.3. The maximum absolute atomic E-state index is 12.2. The number of fused-ring (bicyclic) bond motifs is 3. The molecule has 4 aromatic rings. The van der Waals surface area contributed by atoms with Crippen LogP contribution in [0.1, 0.15) is 5.69 Å². The summed E-state index contributed by atoms with van der Waals surface area (Å²) in [4.78, 5) is 30.9. The van der Waals surface area contributed by atoms with Gasteiger partial charge in [-0.05, 0) is 19.1 Å². The summed E-state index contributed by atoms with van der Waals surface area (Å²) in [5, 5.41) is 3.35. The normalized spacial score (nSPS) is 11.4. The Morgan fingerprint density at radius 3 is 2.89 bits per heavy atom. The largest absolute Gasteiger partial charge is 0.497 e. The highest BCUT2D eigenvalue weighted by Gasteiger charge is 2.17. The Kier molecular flexibility index (Phi) is 3.98. The monoisotopic (exact) mass is 368 g/mol. The van der Waals surface area contributed by atoms with Gasteiger partial charge in [-0.25, -0.2) is 4.79 Å². The van der Waals surface area contributed by atoms with Gasteiger partial charge in [0.1, 0.15) is 5.75 Å². The first-order chi connectivity index (χ1) is 13.0. The molecule has 27 heavy (non-hydrogen) atoms. The van der Waals surface area contributed by atoms with Gasteiger partial charge in [-0.2, -0.15) is 4.98 Å². The summed E-state index contributed by atoms with van der Waals surface area (Å²) in [6, 6.07) is 7.72. The van der Waals surface area contributed by atoms with E-state index in [0.717, 1.165) is 17.1 Å². The quantitative estimate of drug-likeness (QED) is 0.550. The number of imidazole rings is 2. The molecular weight excluding hydrogens is 348 g/mol. The van der Waals surface area contributed by atoms with E-state index in [4.69, 9.17) is 4.74 Å². The third kappa shape index (κ3) is 2.77. The van der Waals surface area contributed by atoms with Crippen LogP contribution < -0.4 is 21.3 Å². The lowest BCUT2D eigenvalue weighted by Gasteiger charge is -2.10. The standard InChI is InChI=1S/C18H20N6O3/c1-11-10-24-14-15(22(2)18(26)21-16(14)25)20-17(24)23(11)8-7-19-12-5-4-6-13(9-12)27-3/h4-6,9-10,19H,7-8H2,1-3H3,(H,21,25,26). The molecule has 0 aliphatic rings. The summed E-state index contributed by atoms with van der Waals surface area (Å²) in [6.45, 7) is 3.27. The molecule has 140 valence electrons. The van der Waals surface area contributed by atoms with Gasteiger partial charge in [0.15, 0.2) is 11.2 Å². The lowest BCUT2D eigenvalue weighted by Crippen LogP contribution is -2.28. The molecule has 3 aromatic heterocycles. The van der Waals surface area contributed by atoms with Gasteiger partial charge < -0.3 is 14.6 Å². The SMILES string of the molecule is COc1cccc(NCCn2c(C)cn3c4c(=O)[nH]c(=O)n(C)c4nc23)c1. The number of aromatic amines is 1. The van der Waals surface area contributed by atoms with E-state index in [-0.39, 0.29) is 0 Å². The molecule has 0 saturated carbocycles. The maximum atomic E-state index is 12.2. The number of methoxy groups -OCH3 is 1. The predicted octanol–water partition coefficient (Wildman–Crippen LogP) is 1.11. The molecule has 0 unspecified atom stereocenters. The smallest absolute Gasteiger partial charge is 0.329 e. The maximum Gasteiger partial charge on any atom is 0.329 e. The lowest BCUT2D eigenvalue weighted by molar-refractivity contribution is 0.415. The van der Waals surface area contributed by atoms with Crippen molar-refractivity contribution >= 4 is 22.6 Å². The Labute approximate surface area is 153 Å². The number of hydrogen-bond donors (Lipinski definition) is 2. The summed E-state index contributed by atoms with van der Waals surface area (Å²) < 4.78 is 10.3. The van der Waals surface area contributed by atoms with Crippen LogP contribution in [0.15, 0.2) is 40.1 Å². The van der Waals surface area contributed by atoms with Crippen molar-refractivity contribution in [2.24, 2.45) is 7.05 Å². The highest BCUT2D eigenvalue weighted by Crippen LogP contribution is 2.18. The number of aromatic nitrogens is 5. The van der Waals surface area contributed by atoms with Gasteiger partial charge in [0.25, 0.3) is 5.56 Å². The number of anilines is 1. The van der Waals surface area contributed by atoms with Gasteiger partial charge >= 0.3 is 5.69 Å². The average Bonchev–Trinajstić information content (AvgIpc) is 3.16. The van der Waals surface area contributed by atoms with Crippen LogP contribution in [0.2, 0.25) is 0 Å². The Balaban J connectivity index is 1.67. The third-order valence-electron chi connectivity index (χ3n) is 4.65. The first-order valence-electron chi connectivity index (χ1n) is 8.54. The molecule has 1 aromatic carbocycles. The van der Waals surface area contributed by atoms with Crippen LogP contribution in [0.3, 0.4) is 0 Å². The summed E-state index contributed by atoms with van der Waals surface area (Å²) in [5.41, 5.74) is 1.76. The van der Waals surface area contributed by atoms with Crippen molar-refractivity contribution in [2.45, 2.75) is 13.5 Å². The van der Waals surface area contributed by atoms with E-state index in [1.807, 2.05) is 42.0 Å². The van der Waals surface area contributed by atoms with Gasteiger partial charge in [-0.15, -0.1) is 0 Å². The molecule has 9 nitrogen and oxygen atoms in total. The van der Waals surface area contributed by atoms with Crippen LogP contribution >= 0.6 is 0 Å². The van der Waals surface area contributed by atoms with Gasteiger partial charge in [0, 0.05) is 43.8 Å². The van der Waals surface area contributed by atoms with Crippen LogP contribution in [-0.4, -0.2) is 37.2 Å². The number of nitrogens with zero attached hydrogens (tertiary/aromatic N) is 4. The summed E-state index contributed by atoms with van der Waals surface area (Å²) in [7, 11) is 3.23. The van der Waals surface area contributed by atoms with Crippen molar-refractivity contribution in [3.63, 3.8) is 0 Å². The number of H-pyrrole nitrogens is 1. The number of rotatable bonds is 5. The van der Waals surface area contributed by atoms with Gasteiger partial charge in [-0.1, -0.05) is 6.07 Å². The fourth-order valence-electron chi connectivity index (χ4n) is 3.24. The van der Waals surface area contributed by atoms with Crippen molar-refractivity contribution in [3.8, 4) is 5.75 Å². The molecule has 0 spiro atoms. The molecule has 0 amide bonds. The van der Waals surface area contributed by atoms with Gasteiger partial charge in [-0.3, -0.25) is 18.7 Å². The molecule has 0 bridgehead atoms. The molecule has 2 N–H and O–H groups in total. The first-order valence-corrected chi connectivity index (χ1v) is 8.54. The van der Waals surface area contributed by atoms with Crippen molar-refractivity contribution in [2.75, 3.05) is 19.0 Å². The van der Waals surface area contributed by atoms with Crippen LogP contribution in [0.25, 0.3) is 16.9 Å². The molecular formula is C18H20N6O3. The zero-order chi connectivity index (χ0) is 19.1. The summed E-state index contributed by atoms with van der Waals surface area (Å²) in [6.07, 6.45) is 1.86. The van der Waals surface area contributed by atoms with E-state index in [1.54, 1.807) is 18.6 Å². The molecule has 4 rings (SSSR count). The Morgan fingerprint density at radius 2 is 2.11 bits per heavy atom. The Hall–Kier alpha value is -3.49. The van der Waals surface area contributed by atoms with Crippen molar-refractivity contribution < 1.29 is 4.74 Å². The van der Waals surface area contributed by atoms with Gasteiger partial charge in [0.05, 0.1) is 7.11 Å². The molecule has 0 saturated heterocycles. The fraction of sp³-hybridized carbons (Fsp3) is 0.278. The molecule has 0 aliphatic heterocycles. The van der Waals surface area contributed by atoms with Crippen molar-refractivity contribution in [1.29, 1.82) is 0 Å². The first kappa shape index (κ1) is 17.0. The van der Waals surface area contributed by atoms with Crippen LogP contribution in [0.4, 0.5) is 5.69 Å². The minimum absolute atomic E-state index is 0.369. The average molecular weight is 368 g/mol. The summed E-state index contributed by atoms with van der Waals surface area (Å²) in [5.74, 6) is 1.42. The zero-order valence-corrected chi connectivity index (χ0v) is 15.3. The van der Waals surface area contributed by atoms with E-state index >= 15 is 0 Å². The van der Waals surface area contributed by atoms with Gasteiger partial charge in [0.2, 0.25) is 5.78 Å². The van der Waals surface area contributed by atoms with Crippen LogP contribution in [0, 0.1) is 6.92 Å². The summed E-state index contributed by atoms with van der Waals surface area (Å²) >= 11 is 0. The number of ether oxygens (including phenoxy) is 1. The molecule has 3 heterocycles. The minimum atomic E-state index is -0.476. The number of benzene rings is 1. The number of nitrogens with one attached hydrogen (secondary N) is 2. The highest BCUT2D eigenvalue weighted by molar-refractivity contribution is 5.75. The third-order valence-corrected chi connectivity index (χ3v) is 4.65. The predicted molar refractivity (Wildman–Crippen MR) is 103 cm³/mol. The molecule has 0 fully saturated rings. The number of aryl methyl sites for hydroxylation is 2.